The van der Waals surface area contributed by atoms with E-state index in [9.17, 15) is 13.2 Å². The number of rotatable bonds is 5. The summed E-state index contributed by atoms with van der Waals surface area (Å²) in [7, 11) is -3.70. The molecule has 2 heterocycles. The Hall–Kier alpha value is -2.38. The maximum absolute atomic E-state index is 13.1. The molecule has 30 heavy (non-hydrogen) atoms. The molecular weight excluding hydrogens is 398 g/mol. The van der Waals surface area contributed by atoms with Crippen molar-refractivity contribution >= 4 is 27.3 Å². The van der Waals surface area contributed by atoms with Crippen LogP contribution >= 0.6 is 0 Å². The Labute approximate surface area is 178 Å². The average molecular weight is 428 g/mol. The smallest absolute Gasteiger partial charge is 0.243 e. The Morgan fingerprint density at radius 2 is 1.70 bits per heavy atom. The van der Waals surface area contributed by atoms with Gasteiger partial charge in [0.15, 0.2) is 0 Å². The van der Waals surface area contributed by atoms with Crippen molar-refractivity contribution < 1.29 is 13.2 Å². The minimum atomic E-state index is -3.70. The highest BCUT2D eigenvalue weighted by Gasteiger charge is 2.39. The molecule has 0 spiro atoms. The van der Waals surface area contributed by atoms with Crippen LogP contribution in [0.3, 0.4) is 0 Å². The van der Waals surface area contributed by atoms with E-state index in [1.807, 2.05) is 31.2 Å². The van der Waals surface area contributed by atoms with Crippen LogP contribution in [-0.4, -0.2) is 44.3 Å². The standard InChI is InChI=1S/C23H29N3O3S/c1-17-5-11-21(12-6-17)30(28,29)26-14-3-4-22(26)23(27)24-19-7-9-20(10-8-19)25-15-13-18(2)16-25/h5-12,18,22H,3-4,13-16H2,1-2H3,(H,24,27)/t18?,22-/m0/s1. The van der Waals surface area contributed by atoms with Crippen molar-refractivity contribution in [3.8, 4) is 0 Å². The molecule has 0 radical (unpaired) electrons. The second-order valence-corrected chi connectivity index (χ2v) is 10.4. The molecule has 6 nitrogen and oxygen atoms in total. The van der Waals surface area contributed by atoms with E-state index in [-0.39, 0.29) is 10.8 Å². The molecule has 7 heteroatoms. The lowest BCUT2D eigenvalue weighted by Gasteiger charge is -2.24. The predicted octanol–water partition coefficient (Wildman–Crippen LogP) is 3.63. The molecule has 2 aliphatic heterocycles. The van der Waals surface area contributed by atoms with Crippen molar-refractivity contribution in [3.63, 3.8) is 0 Å². The molecule has 1 N–H and O–H groups in total. The van der Waals surface area contributed by atoms with Gasteiger partial charge in [-0.3, -0.25) is 4.79 Å². The van der Waals surface area contributed by atoms with Gasteiger partial charge in [-0.1, -0.05) is 24.6 Å². The van der Waals surface area contributed by atoms with Gasteiger partial charge < -0.3 is 10.2 Å². The second kappa shape index (κ2) is 8.40. The minimum Gasteiger partial charge on any atom is -0.371 e. The molecule has 0 bridgehead atoms. The summed E-state index contributed by atoms with van der Waals surface area (Å²) < 4.78 is 27.5. The Morgan fingerprint density at radius 3 is 2.33 bits per heavy atom. The Morgan fingerprint density at radius 1 is 1.00 bits per heavy atom. The van der Waals surface area contributed by atoms with Crippen LogP contribution in [-0.2, 0) is 14.8 Å². The van der Waals surface area contributed by atoms with Crippen LogP contribution in [0.15, 0.2) is 53.4 Å². The fourth-order valence-corrected chi connectivity index (χ4v) is 5.94. The highest BCUT2D eigenvalue weighted by atomic mass is 32.2. The highest BCUT2D eigenvalue weighted by Crippen LogP contribution is 2.28. The maximum Gasteiger partial charge on any atom is 0.243 e. The van der Waals surface area contributed by atoms with E-state index >= 15 is 0 Å². The Balaban J connectivity index is 1.45. The van der Waals surface area contributed by atoms with Crippen molar-refractivity contribution in [1.82, 2.24) is 4.31 Å². The molecule has 0 aromatic heterocycles. The molecule has 2 saturated heterocycles. The third-order valence-corrected chi connectivity index (χ3v) is 7.98. The Bertz CT molecular complexity index is 1000. The first-order chi connectivity index (χ1) is 14.3. The molecule has 2 fully saturated rings. The summed E-state index contributed by atoms with van der Waals surface area (Å²) in [4.78, 5) is 15.5. The summed E-state index contributed by atoms with van der Waals surface area (Å²) in [5.74, 6) is 0.430. The predicted molar refractivity (Wildman–Crippen MR) is 119 cm³/mol. The molecular formula is C23H29N3O3S. The number of hydrogen-bond donors (Lipinski definition) is 1. The van der Waals surface area contributed by atoms with Crippen molar-refractivity contribution in [2.45, 2.75) is 44.0 Å². The van der Waals surface area contributed by atoms with Crippen LogP contribution in [0, 0.1) is 12.8 Å². The molecule has 1 unspecified atom stereocenters. The summed E-state index contributed by atoms with van der Waals surface area (Å²) in [6.45, 7) is 6.64. The zero-order chi connectivity index (χ0) is 21.3. The quantitative estimate of drug-likeness (QED) is 0.791. The van der Waals surface area contributed by atoms with Crippen molar-refractivity contribution in [1.29, 1.82) is 0 Å². The average Bonchev–Trinajstić information content (AvgIpc) is 3.38. The van der Waals surface area contributed by atoms with Crippen molar-refractivity contribution in [3.05, 3.63) is 54.1 Å². The number of benzene rings is 2. The maximum atomic E-state index is 13.1. The number of carbonyl (C=O) groups excluding carboxylic acids is 1. The van der Waals surface area contributed by atoms with E-state index in [0.717, 1.165) is 24.3 Å². The fraction of sp³-hybridized carbons (Fsp3) is 0.435. The third-order valence-electron chi connectivity index (χ3n) is 6.06. The molecule has 160 valence electrons. The van der Waals surface area contributed by atoms with Crippen LogP contribution in [0.25, 0.3) is 0 Å². The van der Waals surface area contributed by atoms with Gasteiger partial charge in [0.25, 0.3) is 0 Å². The zero-order valence-corrected chi connectivity index (χ0v) is 18.4. The number of nitrogens with zero attached hydrogens (tertiary/aromatic N) is 2. The molecule has 4 rings (SSSR count). The lowest BCUT2D eigenvalue weighted by Crippen LogP contribution is -2.43. The number of amides is 1. The van der Waals surface area contributed by atoms with Gasteiger partial charge in [0.1, 0.15) is 6.04 Å². The van der Waals surface area contributed by atoms with Crippen LogP contribution < -0.4 is 10.2 Å². The van der Waals surface area contributed by atoms with E-state index in [1.54, 1.807) is 24.3 Å². The molecule has 0 aliphatic carbocycles. The van der Waals surface area contributed by atoms with Crippen LogP contribution in [0.4, 0.5) is 11.4 Å². The number of aryl methyl sites for hydroxylation is 1. The van der Waals surface area contributed by atoms with Gasteiger partial charge in [0.05, 0.1) is 4.90 Å². The van der Waals surface area contributed by atoms with Gasteiger partial charge in [0, 0.05) is 31.0 Å². The number of hydrogen-bond acceptors (Lipinski definition) is 4. The van der Waals surface area contributed by atoms with Crippen LogP contribution in [0.5, 0.6) is 0 Å². The topological polar surface area (TPSA) is 69.7 Å². The lowest BCUT2D eigenvalue weighted by molar-refractivity contribution is -0.119. The minimum absolute atomic E-state index is 0.233. The normalized spacial score (nSPS) is 22.4. The van der Waals surface area contributed by atoms with Crippen LogP contribution in [0.2, 0.25) is 0 Å². The van der Waals surface area contributed by atoms with Gasteiger partial charge in [-0.05, 0) is 68.5 Å². The van der Waals surface area contributed by atoms with Crippen LogP contribution in [0.1, 0.15) is 31.7 Å². The number of carbonyl (C=O) groups is 1. The van der Waals surface area contributed by atoms with E-state index in [4.69, 9.17) is 0 Å². The van der Waals surface area contributed by atoms with E-state index in [1.165, 1.54) is 10.7 Å². The largest absolute Gasteiger partial charge is 0.371 e. The van der Waals surface area contributed by atoms with Gasteiger partial charge in [-0.25, -0.2) is 8.42 Å². The molecule has 2 atom stereocenters. The third kappa shape index (κ3) is 4.23. The first-order valence-corrected chi connectivity index (χ1v) is 12.0. The molecule has 2 aromatic rings. The Kier molecular flexibility index (Phi) is 5.84. The second-order valence-electron chi connectivity index (χ2n) is 8.46. The number of anilines is 2. The van der Waals surface area contributed by atoms with E-state index < -0.39 is 16.1 Å². The fourth-order valence-electron chi connectivity index (χ4n) is 4.29. The molecule has 2 aliphatic rings. The monoisotopic (exact) mass is 427 g/mol. The van der Waals surface area contributed by atoms with Gasteiger partial charge in [0.2, 0.25) is 15.9 Å². The van der Waals surface area contributed by atoms with Crippen molar-refractivity contribution in [2.24, 2.45) is 5.92 Å². The molecule has 2 aromatic carbocycles. The first-order valence-electron chi connectivity index (χ1n) is 10.6. The summed E-state index contributed by atoms with van der Waals surface area (Å²) in [6.07, 6.45) is 2.40. The van der Waals surface area contributed by atoms with Gasteiger partial charge >= 0.3 is 0 Å². The highest BCUT2D eigenvalue weighted by molar-refractivity contribution is 7.89. The first kappa shape index (κ1) is 20.9. The molecule has 0 saturated carbocycles. The summed E-state index contributed by atoms with van der Waals surface area (Å²) in [5, 5.41) is 2.91. The lowest BCUT2D eigenvalue weighted by atomic mass is 10.2. The number of sulfonamides is 1. The van der Waals surface area contributed by atoms with Crippen molar-refractivity contribution in [2.75, 3.05) is 29.9 Å². The zero-order valence-electron chi connectivity index (χ0n) is 17.5. The van der Waals surface area contributed by atoms with Gasteiger partial charge in [-0.2, -0.15) is 4.31 Å². The summed E-state index contributed by atoms with van der Waals surface area (Å²) in [5.41, 5.74) is 2.84. The summed E-state index contributed by atoms with van der Waals surface area (Å²) in [6, 6.07) is 13.9. The van der Waals surface area contributed by atoms with Gasteiger partial charge in [-0.15, -0.1) is 0 Å². The summed E-state index contributed by atoms with van der Waals surface area (Å²) >= 11 is 0. The van der Waals surface area contributed by atoms with E-state index in [0.29, 0.717) is 31.0 Å². The molecule has 1 amide bonds. The number of nitrogens with one attached hydrogen (secondary N) is 1. The SMILES string of the molecule is Cc1ccc(S(=O)(=O)N2CCC[C@H]2C(=O)Nc2ccc(N3CCC(C)C3)cc2)cc1. The van der Waals surface area contributed by atoms with E-state index in [2.05, 4.69) is 17.1 Å².